The number of nitrogens with zero attached hydrogens (tertiary/aromatic N) is 1. The fourth-order valence-corrected chi connectivity index (χ4v) is 2.35. The molecule has 3 N–H and O–H groups in total. The van der Waals surface area contributed by atoms with Crippen LogP contribution in [0.15, 0.2) is 0 Å². The molecule has 0 bridgehead atoms. The van der Waals surface area contributed by atoms with Crippen molar-refractivity contribution in [3.8, 4) is 0 Å². The van der Waals surface area contributed by atoms with Crippen molar-refractivity contribution in [1.29, 1.82) is 0 Å². The van der Waals surface area contributed by atoms with Crippen molar-refractivity contribution in [2.45, 2.75) is 52.1 Å². The average molecular weight is 298 g/mol. The van der Waals surface area contributed by atoms with Crippen LogP contribution in [-0.2, 0) is 9.59 Å². The summed E-state index contributed by atoms with van der Waals surface area (Å²) < 4.78 is 0. The van der Waals surface area contributed by atoms with E-state index in [9.17, 15) is 9.59 Å². The van der Waals surface area contributed by atoms with Gasteiger partial charge in [-0.05, 0) is 34.6 Å². The Bertz CT molecular complexity index is 368. The SMILES string of the molecule is CC(C)(C)NC(=O)CCNC(=O)C(C)(C)N1CCNCC1. The first-order valence-corrected chi connectivity index (χ1v) is 7.68. The number of piperazine rings is 1. The van der Waals surface area contributed by atoms with E-state index >= 15 is 0 Å². The maximum absolute atomic E-state index is 12.3. The van der Waals surface area contributed by atoms with Gasteiger partial charge in [0.1, 0.15) is 0 Å². The third-order valence-electron chi connectivity index (χ3n) is 3.62. The Morgan fingerprint density at radius 1 is 1.10 bits per heavy atom. The maximum atomic E-state index is 12.3. The molecule has 0 aromatic heterocycles. The van der Waals surface area contributed by atoms with E-state index in [1.54, 1.807) is 0 Å². The van der Waals surface area contributed by atoms with Gasteiger partial charge in [0.05, 0.1) is 5.54 Å². The number of carbonyl (C=O) groups is 2. The van der Waals surface area contributed by atoms with Gasteiger partial charge in [-0.1, -0.05) is 0 Å². The Balaban J connectivity index is 2.37. The van der Waals surface area contributed by atoms with Crippen molar-refractivity contribution in [1.82, 2.24) is 20.9 Å². The number of rotatable bonds is 5. The van der Waals surface area contributed by atoms with E-state index in [1.807, 2.05) is 34.6 Å². The van der Waals surface area contributed by atoms with E-state index in [0.29, 0.717) is 13.0 Å². The Labute approximate surface area is 128 Å². The Morgan fingerprint density at radius 3 is 2.19 bits per heavy atom. The highest BCUT2D eigenvalue weighted by atomic mass is 16.2. The predicted octanol–water partition coefficient (Wildman–Crippen LogP) is 0.0912. The van der Waals surface area contributed by atoms with E-state index in [2.05, 4.69) is 20.9 Å². The molecule has 1 heterocycles. The summed E-state index contributed by atoms with van der Waals surface area (Å²) in [6.07, 6.45) is 0.306. The third kappa shape index (κ3) is 6.01. The van der Waals surface area contributed by atoms with Gasteiger partial charge in [0.2, 0.25) is 11.8 Å². The zero-order valence-electron chi connectivity index (χ0n) is 14.0. The van der Waals surface area contributed by atoms with Gasteiger partial charge in [0, 0.05) is 44.7 Å². The van der Waals surface area contributed by atoms with Crippen molar-refractivity contribution in [2.24, 2.45) is 0 Å². The van der Waals surface area contributed by atoms with E-state index in [1.165, 1.54) is 0 Å². The maximum Gasteiger partial charge on any atom is 0.239 e. The normalized spacial score (nSPS) is 17.4. The minimum Gasteiger partial charge on any atom is -0.354 e. The molecule has 1 saturated heterocycles. The van der Waals surface area contributed by atoms with Crippen LogP contribution in [0.4, 0.5) is 0 Å². The second-order valence-corrected chi connectivity index (χ2v) is 7.10. The molecule has 1 fully saturated rings. The summed E-state index contributed by atoms with van der Waals surface area (Å²) in [5, 5.41) is 9.04. The molecule has 0 spiro atoms. The molecular weight excluding hydrogens is 268 g/mol. The van der Waals surface area contributed by atoms with E-state index in [4.69, 9.17) is 0 Å². The summed E-state index contributed by atoms with van der Waals surface area (Å²) >= 11 is 0. The molecule has 1 rings (SSSR count). The smallest absolute Gasteiger partial charge is 0.239 e. The van der Waals surface area contributed by atoms with E-state index < -0.39 is 5.54 Å². The standard InChI is InChI=1S/C15H30N4O2/c1-14(2,3)18-12(20)6-7-17-13(21)15(4,5)19-10-8-16-9-11-19/h16H,6-11H2,1-5H3,(H,17,21)(H,18,20). The van der Waals surface area contributed by atoms with Gasteiger partial charge in [0.15, 0.2) is 0 Å². The number of amides is 2. The monoisotopic (exact) mass is 298 g/mol. The summed E-state index contributed by atoms with van der Waals surface area (Å²) in [5.41, 5.74) is -0.774. The van der Waals surface area contributed by atoms with Crippen molar-refractivity contribution in [3.63, 3.8) is 0 Å². The molecule has 0 atom stereocenters. The van der Waals surface area contributed by atoms with Crippen LogP contribution in [0.2, 0.25) is 0 Å². The average Bonchev–Trinajstić information content (AvgIpc) is 2.37. The quantitative estimate of drug-likeness (QED) is 0.673. The fourth-order valence-electron chi connectivity index (χ4n) is 2.35. The van der Waals surface area contributed by atoms with Gasteiger partial charge >= 0.3 is 0 Å². The fraction of sp³-hybridized carbons (Fsp3) is 0.867. The summed E-state index contributed by atoms with van der Waals surface area (Å²) in [5.74, 6) is -0.0595. The molecular formula is C15H30N4O2. The van der Waals surface area contributed by atoms with Gasteiger partial charge in [-0.25, -0.2) is 0 Å². The molecule has 0 aliphatic carbocycles. The van der Waals surface area contributed by atoms with Gasteiger partial charge < -0.3 is 16.0 Å². The lowest BCUT2D eigenvalue weighted by Crippen LogP contribution is -2.60. The molecule has 1 aliphatic rings. The topological polar surface area (TPSA) is 73.5 Å². The van der Waals surface area contributed by atoms with Crippen molar-refractivity contribution >= 4 is 11.8 Å². The Hall–Kier alpha value is -1.14. The molecule has 21 heavy (non-hydrogen) atoms. The molecule has 6 heteroatoms. The lowest BCUT2D eigenvalue weighted by molar-refractivity contribution is -0.132. The predicted molar refractivity (Wildman–Crippen MR) is 84.0 cm³/mol. The highest BCUT2D eigenvalue weighted by Gasteiger charge is 2.34. The number of nitrogens with one attached hydrogen (secondary N) is 3. The van der Waals surface area contributed by atoms with Crippen LogP contribution in [0.25, 0.3) is 0 Å². The van der Waals surface area contributed by atoms with Crippen molar-refractivity contribution in [3.05, 3.63) is 0 Å². The van der Waals surface area contributed by atoms with Crippen LogP contribution >= 0.6 is 0 Å². The molecule has 2 amide bonds. The Morgan fingerprint density at radius 2 is 1.67 bits per heavy atom. The molecule has 0 unspecified atom stereocenters. The van der Waals surface area contributed by atoms with Crippen LogP contribution in [-0.4, -0.2) is 60.5 Å². The highest BCUT2D eigenvalue weighted by Crippen LogP contribution is 2.15. The van der Waals surface area contributed by atoms with Gasteiger partial charge in [-0.3, -0.25) is 14.5 Å². The summed E-state index contributed by atoms with van der Waals surface area (Å²) in [6.45, 7) is 13.6. The molecule has 122 valence electrons. The number of hydrogen-bond donors (Lipinski definition) is 3. The molecule has 0 aromatic rings. The van der Waals surface area contributed by atoms with Crippen LogP contribution in [0, 0.1) is 0 Å². The molecule has 6 nitrogen and oxygen atoms in total. The summed E-state index contributed by atoms with van der Waals surface area (Å²) in [7, 11) is 0. The van der Waals surface area contributed by atoms with Crippen molar-refractivity contribution < 1.29 is 9.59 Å². The number of carbonyl (C=O) groups excluding carboxylic acids is 2. The molecule has 1 aliphatic heterocycles. The lowest BCUT2D eigenvalue weighted by atomic mass is 10.0. The summed E-state index contributed by atoms with van der Waals surface area (Å²) in [6, 6.07) is 0. The van der Waals surface area contributed by atoms with E-state index in [0.717, 1.165) is 26.2 Å². The van der Waals surface area contributed by atoms with Gasteiger partial charge in [-0.2, -0.15) is 0 Å². The van der Waals surface area contributed by atoms with Crippen LogP contribution < -0.4 is 16.0 Å². The highest BCUT2D eigenvalue weighted by molar-refractivity contribution is 5.86. The first kappa shape index (κ1) is 17.9. The van der Waals surface area contributed by atoms with Crippen LogP contribution in [0.5, 0.6) is 0 Å². The molecule has 0 aromatic carbocycles. The van der Waals surface area contributed by atoms with Crippen LogP contribution in [0.1, 0.15) is 41.0 Å². The summed E-state index contributed by atoms with van der Waals surface area (Å²) in [4.78, 5) is 26.2. The Kier molecular flexibility index (Phi) is 6.16. The van der Waals surface area contributed by atoms with Gasteiger partial charge in [-0.15, -0.1) is 0 Å². The minimum absolute atomic E-state index is 0.0204. The van der Waals surface area contributed by atoms with E-state index in [-0.39, 0.29) is 17.4 Å². The first-order chi connectivity index (χ1) is 9.63. The first-order valence-electron chi connectivity index (χ1n) is 7.68. The van der Waals surface area contributed by atoms with Crippen LogP contribution in [0.3, 0.4) is 0 Å². The third-order valence-corrected chi connectivity index (χ3v) is 3.62. The lowest BCUT2D eigenvalue weighted by Gasteiger charge is -2.39. The minimum atomic E-state index is -0.539. The van der Waals surface area contributed by atoms with Crippen molar-refractivity contribution in [2.75, 3.05) is 32.7 Å². The van der Waals surface area contributed by atoms with Gasteiger partial charge in [0.25, 0.3) is 0 Å². The zero-order chi connectivity index (χ0) is 16.1. The molecule has 0 saturated carbocycles. The number of hydrogen-bond acceptors (Lipinski definition) is 4. The second-order valence-electron chi connectivity index (χ2n) is 7.10. The largest absolute Gasteiger partial charge is 0.354 e. The molecule has 0 radical (unpaired) electrons. The second kappa shape index (κ2) is 7.22. The zero-order valence-corrected chi connectivity index (χ0v) is 14.0.